The van der Waals surface area contributed by atoms with Gasteiger partial charge in [0.25, 0.3) is 0 Å². The summed E-state index contributed by atoms with van der Waals surface area (Å²) in [6.07, 6.45) is 15.3. The smallest absolute Gasteiger partial charge is 0.167 e. The first-order valence-electron chi connectivity index (χ1n) is 13.8. The van der Waals surface area contributed by atoms with Crippen molar-refractivity contribution >= 4 is 27.2 Å². The van der Waals surface area contributed by atoms with Crippen LogP contribution in [0.15, 0.2) is 12.7 Å². The van der Waals surface area contributed by atoms with Crippen LogP contribution in [-0.4, -0.2) is 39.8 Å². The average Bonchev–Trinajstić information content (AvgIpc) is 3.61. The predicted octanol–water partition coefficient (Wildman–Crippen LogP) is 5.11. The van der Waals surface area contributed by atoms with Crippen molar-refractivity contribution in [3.8, 4) is 0 Å². The van der Waals surface area contributed by atoms with E-state index in [1.807, 2.05) is 27.0 Å². The van der Waals surface area contributed by atoms with Crippen molar-refractivity contribution < 1.29 is 0 Å². The van der Waals surface area contributed by atoms with E-state index in [1.54, 1.807) is 6.33 Å². The third-order valence-corrected chi connectivity index (χ3v) is 11.8. The van der Waals surface area contributed by atoms with Gasteiger partial charge in [0.1, 0.15) is 11.2 Å². The molecule has 4 heterocycles. The molecule has 0 aliphatic heterocycles. The second kappa shape index (κ2) is 7.11. The van der Waals surface area contributed by atoms with Gasteiger partial charge in [-0.05, 0) is 91.7 Å². The van der Waals surface area contributed by atoms with Crippen molar-refractivity contribution in [1.29, 1.82) is 0 Å². The molecule has 4 fully saturated rings. The molecule has 5 aliphatic carbocycles. The fraction of sp³-hybridized carbons (Fsp3) is 0.704. The summed E-state index contributed by atoms with van der Waals surface area (Å²) < 4.78 is 1.98. The molecular weight excluding hydrogens is 468 g/mol. The molecule has 0 radical (unpaired) electrons. The number of fused-ring (bicyclic) bond motifs is 5. The molecule has 4 saturated carbocycles. The zero-order valence-corrected chi connectivity index (χ0v) is 22.3. The van der Waals surface area contributed by atoms with Crippen LogP contribution < -0.4 is 0 Å². The Balaban J connectivity index is 1.23. The highest BCUT2D eigenvalue weighted by atomic mass is 32.1. The Hall–Kier alpha value is -2.42. The number of rotatable bonds is 4. The SMILES string of the molecule is CCC(C)(C)[C@@H]1CCc2c(sc3ncn4nc(C56C[C@H]7C[C@@H](C5)CC(n5ncnn5)(C7)C6)nc4c23)C1. The minimum atomic E-state index is -0.0335. The second-order valence-electron chi connectivity index (χ2n) is 13.1. The zero-order chi connectivity index (χ0) is 24.3. The summed E-state index contributed by atoms with van der Waals surface area (Å²) in [6, 6.07) is 0. The maximum atomic E-state index is 5.36. The molecule has 0 amide bonds. The quantitative estimate of drug-likeness (QED) is 0.385. The van der Waals surface area contributed by atoms with Crippen LogP contribution in [0.4, 0.5) is 0 Å². The molecule has 5 aliphatic rings. The predicted molar refractivity (Wildman–Crippen MR) is 138 cm³/mol. The normalized spacial score (nSPS) is 33.6. The Morgan fingerprint density at radius 3 is 2.75 bits per heavy atom. The summed E-state index contributed by atoms with van der Waals surface area (Å²) in [5.41, 5.74) is 2.86. The lowest BCUT2D eigenvalue weighted by molar-refractivity contribution is -0.0785. The Labute approximate surface area is 214 Å². The van der Waals surface area contributed by atoms with Crippen molar-refractivity contribution in [1.82, 2.24) is 39.8 Å². The molecule has 0 spiro atoms. The highest BCUT2D eigenvalue weighted by molar-refractivity contribution is 7.19. The third-order valence-electron chi connectivity index (χ3n) is 10.7. The number of thiophene rings is 1. The fourth-order valence-electron chi connectivity index (χ4n) is 8.85. The van der Waals surface area contributed by atoms with Gasteiger partial charge in [-0.15, -0.1) is 26.6 Å². The van der Waals surface area contributed by atoms with Gasteiger partial charge in [-0.2, -0.15) is 4.80 Å². The van der Waals surface area contributed by atoms with Crippen molar-refractivity contribution in [2.75, 3.05) is 0 Å². The average molecular weight is 503 g/mol. The number of hydrogen-bond acceptors (Lipinski definition) is 7. The van der Waals surface area contributed by atoms with E-state index in [9.17, 15) is 0 Å². The highest BCUT2D eigenvalue weighted by Gasteiger charge is 2.61. The summed E-state index contributed by atoms with van der Waals surface area (Å²) in [7, 11) is 0. The lowest BCUT2D eigenvalue weighted by atomic mass is 9.46. The maximum Gasteiger partial charge on any atom is 0.167 e. The first kappa shape index (κ1) is 21.6. The minimum Gasteiger partial charge on any atom is -0.225 e. The van der Waals surface area contributed by atoms with Gasteiger partial charge in [-0.1, -0.05) is 27.2 Å². The second-order valence-corrected chi connectivity index (χ2v) is 14.2. The molecule has 0 aromatic carbocycles. The van der Waals surface area contributed by atoms with Gasteiger partial charge in [0.15, 0.2) is 17.8 Å². The van der Waals surface area contributed by atoms with Crippen LogP contribution in [0.1, 0.15) is 88.4 Å². The van der Waals surface area contributed by atoms with Crippen molar-refractivity contribution in [2.24, 2.45) is 23.2 Å². The van der Waals surface area contributed by atoms with Gasteiger partial charge in [0.05, 0.1) is 10.9 Å². The number of hydrogen-bond donors (Lipinski definition) is 0. The first-order chi connectivity index (χ1) is 17.4. The lowest BCUT2D eigenvalue weighted by Gasteiger charge is -2.60. The number of tetrazole rings is 1. The Morgan fingerprint density at radius 1 is 1.17 bits per heavy atom. The summed E-state index contributed by atoms with van der Waals surface area (Å²) in [5, 5.41) is 19.4. The summed E-state index contributed by atoms with van der Waals surface area (Å²) in [6.45, 7) is 7.20. The number of nitrogens with zero attached hydrogens (tertiary/aromatic N) is 8. The van der Waals surface area contributed by atoms with Gasteiger partial charge in [-0.25, -0.2) is 14.5 Å². The molecule has 9 rings (SSSR count). The van der Waals surface area contributed by atoms with E-state index in [1.165, 1.54) is 54.4 Å². The van der Waals surface area contributed by atoms with Crippen molar-refractivity contribution in [3.63, 3.8) is 0 Å². The van der Waals surface area contributed by atoms with E-state index in [2.05, 4.69) is 36.2 Å². The fourth-order valence-corrected chi connectivity index (χ4v) is 10.1. The highest BCUT2D eigenvalue weighted by Crippen LogP contribution is 2.64. The Morgan fingerprint density at radius 2 is 2.00 bits per heavy atom. The van der Waals surface area contributed by atoms with Crippen LogP contribution in [0.3, 0.4) is 0 Å². The molecule has 0 saturated heterocycles. The van der Waals surface area contributed by atoms with E-state index in [4.69, 9.17) is 15.1 Å². The van der Waals surface area contributed by atoms with Crippen LogP contribution in [0.5, 0.6) is 0 Å². The number of aryl methyl sites for hydroxylation is 1. The van der Waals surface area contributed by atoms with E-state index in [0.717, 1.165) is 47.9 Å². The van der Waals surface area contributed by atoms with Crippen LogP contribution in [0.2, 0.25) is 0 Å². The van der Waals surface area contributed by atoms with Crippen molar-refractivity contribution in [3.05, 3.63) is 28.9 Å². The third kappa shape index (κ3) is 2.86. The van der Waals surface area contributed by atoms with Crippen LogP contribution in [0, 0.1) is 23.2 Å². The molecule has 8 nitrogen and oxygen atoms in total. The molecule has 4 bridgehead atoms. The molecule has 0 N–H and O–H groups in total. The Kier molecular flexibility index (Phi) is 4.28. The summed E-state index contributed by atoms with van der Waals surface area (Å²) in [5.74, 6) is 3.14. The molecule has 36 heavy (non-hydrogen) atoms. The van der Waals surface area contributed by atoms with Gasteiger partial charge < -0.3 is 0 Å². The van der Waals surface area contributed by atoms with Gasteiger partial charge in [0.2, 0.25) is 0 Å². The maximum absolute atomic E-state index is 5.36. The van der Waals surface area contributed by atoms with Crippen LogP contribution in [0.25, 0.3) is 15.9 Å². The lowest BCUT2D eigenvalue weighted by Crippen LogP contribution is -2.59. The molecule has 5 atom stereocenters. The molecule has 9 heteroatoms. The van der Waals surface area contributed by atoms with E-state index < -0.39 is 0 Å². The molecule has 2 unspecified atom stereocenters. The van der Waals surface area contributed by atoms with E-state index in [0.29, 0.717) is 17.3 Å². The summed E-state index contributed by atoms with van der Waals surface area (Å²) in [4.78, 5) is 14.8. The molecule has 4 aromatic heterocycles. The molecule has 4 aromatic rings. The van der Waals surface area contributed by atoms with Gasteiger partial charge >= 0.3 is 0 Å². The monoisotopic (exact) mass is 502 g/mol. The van der Waals surface area contributed by atoms with E-state index in [-0.39, 0.29) is 11.0 Å². The van der Waals surface area contributed by atoms with E-state index >= 15 is 0 Å². The topological polar surface area (TPSA) is 86.7 Å². The molecule has 188 valence electrons. The van der Waals surface area contributed by atoms with Gasteiger partial charge in [-0.3, -0.25) is 0 Å². The zero-order valence-electron chi connectivity index (χ0n) is 21.4. The Bertz CT molecular complexity index is 1470. The standard InChI is InChI=1S/C27H34N8S/c1-4-25(2,3)18-5-6-19-20(8-18)36-23-21(19)22-31-24(32-34(22)15-28-23)26-9-16-7-17(10-26)12-27(11-16,13-26)35-30-14-29-33-35/h14-18H,4-13H2,1-3H3/t16-,17+,18-,26?,27?/m1/s1. The first-order valence-corrected chi connectivity index (χ1v) is 14.6. The summed E-state index contributed by atoms with van der Waals surface area (Å²) >= 11 is 1.89. The largest absolute Gasteiger partial charge is 0.225 e. The number of aromatic nitrogens is 8. The van der Waals surface area contributed by atoms with Crippen LogP contribution >= 0.6 is 11.3 Å². The van der Waals surface area contributed by atoms with Crippen molar-refractivity contribution in [2.45, 2.75) is 95.9 Å². The minimum absolute atomic E-state index is 0.00237. The van der Waals surface area contributed by atoms with Crippen LogP contribution in [-0.2, 0) is 23.8 Å². The van der Waals surface area contributed by atoms with Gasteiger partial charge in [0, 0.05) is 10.3 Å². The molecular formula is C27H34N8S.